The minimum Gasteiger partial charge on any atom is -0.462 e. The highest BCUT2D eigenvalue weighted by molar-refractivity contribution is 5.95. The van der Waals surface area contributed by atoms with Crippen molar-refractivity contribution < 1.29 is 9.53 Å². The molecule has 2 aromatic carbocycles. The summed E-state index contributed by atoms with van der Waals surface area (Å²) in [6, 6.07) is 12.8. The summed E-state index contributed by atoms with van der Waals surface area (Å²) in [5.41, 5.74) is 5.04. The molecule has 3 heteroatoms. The van der Waals surface area contributed by atoms with Gasteiger partial charge in [-0.3, -0.25) is 4.79 Å². The first-order chi connectivity index (χ1) is 12.5. The van der Waals surface area contributed by atoms with E-state index in [0.717, 1.165) is 19.4 Å². The average molecular weight is 351 g/mol. The molecule has 2 rings (SSSR count). The lowest BCUT2D eigenvalue weighted by Crippen LogP contribution is -2.03. The van der Waals surface area contributed by atoms with Crippen LogP contribution in [-0.2, 0) is 9.53 Å². The number of carbonyl (C=O) groups is 1. The largest absolute Gasteiger partial charge is 0.462 e. The molecule has 0 atom stereocenters. The molecule has 0 amide bonds. The van der Waals surface area contributed by atoms with Crippen molar-refractivity contribution in [3.63, 3.8) is 0 Å². The Hall–Kier alpha value is -2.55. The van der Waals surface area contributed by atoms with Gasteiger partial charge in [0.05, 0.1) is 0 Å². The number of benzene rings is 2. The predicted molar refractivity (Wildman–Crippen MR) is 111 cm³/mol. The number of carbonyl (C=O) groups excluding carboxylic acids is 1. The number of aryl methyl sites for hydroxylation is 1. The summed E-state index contributed by atoms with van der Waals surface area (Å²) >= 11 is 0. The fourth-order valence-electron chi connectivity index (χ4n) is 2.88. The smallest absolute Gasteiger partial charge is 0.302 e. The van der Waals surface area contributed by atoms with Crippen LogP contribution in [0.5, 0.6) is 0 Å². The van der Waals surface area contributed by atoms with E-state index in [1.807, 2.05) is 6.08 Å². The molecule has 3 nitrogen and oxygen atoms in total. The van der Waals surface area contributed by atoms with Crippen molar-refractivity contribution in [3.05, 3.63) is 65.3 Å². The van der Waals surface area contributed by atoms with Crippen LogP contribution >= 0.6 is 0 Å². The Morgan fingerprint density at radius 1 is 1.00 bits per heavy atom. The van der Waals surface area contributed by atoms with Crippen LogP contribution in [0.15, 0.2) is 59.7 Å². The van der Waals surface area contributed by atoms with E-state index in [9.17, 15) is 4.79 Å². The molecule has 0 saturated carbocycles. The van der Waals surface area contributed by atoms with Gasteiger partial charge in [0.25, 0.3) is 0 Å². The molecule has 0 bridgehead atoms. The maximum Gasteiger partial charge on any atom is 0.302 e. The number of rotatable bonds is 8. The second-order valence-electron chi connectivity index (χ2n) is 6.77. The number of anilines is 1. The van der Waals surface area contributed by atoms with E-state index in [2.05, 4.69) is 68.6 Å². The number of hydrogen-bond donors (Lipinski definition) is 1. The number of nitrogens with one attached hydrogen (secondary N) is 1. The third-order valence-electron chi connectivity index (χ3n) is 4.45. The molecule has 0 saturated heterocycles. The van der Waals surface area contributed by atoms with Crippen molar-refractivity contribution >= 4 is 22.4 Å². The number of allylic oxidation sites excluding steroid dienone is 2. The molecular formula is C23H29NO2. The molecule has 0 spiro atoms. The molecule has 0 aliphatic carbocycles. The second kappa shape index (κ2) is 9.81. The Bertz CT molecular complexity index is 818. The van der Waals surface area contributed by atoms with Crippen LogP contribution in [0.3, 0.4) is 0 Å². The number of ether oxygens (including phenoxy) is 1. The van der Waals surface area contributed by atoms with E-state index in [-0.39, 0.29) is 5.97 Å². The molecule has 26 heavy (non-hydrogen) atoms. The molecule has 0 unspecified atom stereocenters. The molecule has 0 fully saturated rings. The highest BCUT2D eigenvalue weighted by Gasteiger charge is 2.02. The maximum atomic E-state index is 10.7. The van der Waals surface area contributed by atoms with Crippen LogP contribution in [-0.4, -0.2) is 19.1 Å². The summed E-state index contributed by atoms with van der Waals surface area (Å²) in [5.74, 6) is -0.237. The zero-order chi connectivity index (χ0) is 18.9. The summed E-state index contributed by atoms with van der Waals surface area (Å²) in [6.07, 6.45) is 6.21. The lowest BCUT2D eigenvalue weighted by atomic mass is 10.0. The van der Waals surface area contributed by atoms with Crippen LogP contribution < -0.4 is 5.32 Å². The first-order valence-electron chi connectivity index (χ1n) is 9.14. The van der Waals surface area contributed by atoms with Gasteiger partial charge in [0.1, 0.15) is 6.61 Å². The van der Waals surface area contributed by atoms with Crippen molar-refractivity contribution in [3.8, 4) is 0 Å². The minimum absolute atomic E-state index is 0.237. The van der Waals surface area contributed by atoms with Gasteiger partial charge in [0.15, 0.2) is 0 Å². The van der Waals surface area contributed by atoms with Crippen molar-refractivity contribution in [1.82, 2.24) is 0 Å². The third kappa shape index (κ3) is 6.07. The lowest BCUT2D eigenvalue weighted by Gasteiger charge is -2.11. The molecule has 2 aromatic rings. The van der Waals surface area contributed by atoms with Crippen molar-refractivity contribution in [2.24, 2.45) is 0 Å². The van der Waals surface area contributed by atoms with Gasteiger partial charge in [-0.25, -0.2) is 0 Å². The van der Waals surface area contributed by atoms with E-state index in [1.165, 1.54) is 40.1 Å². The molecule has 0 aliphatic heterocycles. The van der Waals surface area contributed by atoms with E-state index >= 15 is 0 Å². The predicted octanol–water partition coefficient (Wildman–Crippen LogP) is 5.80. The molecular weight excluding hydrogens is 322 g/mol. The Morgan fingerprint density at radius 3 is 2.50 bits per heavy atom. The second-order valence-corrected chi connectivity index (χ2v) is 6.77. The van der Waals surface area contributed by atoms with E-state index in [4.69, 9.17) is 4.74 Å². The summed E-state index contributed by atoms with van der Waals surface area (Å²) in [7, 11) is 0. The Kier molecular flexibility index (Phi) is 7.46. The molecule has 0 radical (unpaired) electrons. The van der Waals surface area contributed by atoms with Crippen molar-refractivity contribution in [2.75, 3.05) is 18.5 Å². The first-order valence-corrected chi connectivity index (χ1v) is 9.14. The number of esters is 1. The van der Waals surface area contributed by atoms with Crippen molar-refractivity contribution in [1.29, 1.82) is 0 Å². The van der Waals surface area contributed by atoms with Gasteiger partial charge in [-0.05, 0) is 56.7 Å². The fraction of sp³-hybridized carbons (Fsp3) is 0.348. The van der Waals surface area contributed by atoms with Gasteiger partial charge in [0, 0.05) is 24.5 Å². The zero-order valence-corrected chi connectivity index (χ0v) is 16.3. The Morgan fingerprint density at radius 2 is 1.73 bits per heavy atom. The monoisotopic (exact) mass is 351 g/mol. The zero-order valence-electron chi connectivity index (χ0n) is 16.3. The SMILES string of the molecule is CC(=O)OC/C=C(\C)CC/C=C(\C)CNc1cccc2c(C)cccc12. The van der Waals surface area contributed by atoms with Gasteiger partial charge in [-0.1, -0.05) is 47.6 Å². The molecule has 1 N–H and O–H groups in total. The topological polar surface area (TPSA) is 38.3 Å². The number of fused-ring (bicyclic) bond motifs is 1. The quantitative estimate of drug-likeness (QED) is 0.483. The lowest BCUT2D eigenvalue weighted by molar-refractivity contribution is -0.139. The van der Waals surface area contributed by atoms with Gasteiger partial charge in [-0.15, -0.1) is 0 Å². The molecule has 0 aromatic heterocycles. The number of hydrogen-bond acceptors (Lipinski definition) is 3. The standard InChI is InChI=1S/C23H29NO2/c1-17(14-15-26-20(4)25)8-5-9-18(2)16-24-23-13-7-11-21-19(3)10-6-12-22(21)23/h6-7,9-14,24H,5,8,15-16H2,1-4H3/b17-14+,18-9+. The Labute approximate surface area is 156 Å². The summed E-state index contributed by atoms with van der Waals surface area (Å²) < 4.78 is 4.93. The summed E-state index contributed by atoms with van der Waals surface area (Å²) in [6.45, 7) is 9.01. The molecule has 138 valence electrons. The normalized spacial score (nSPS) is 12.3. The van der Waals surface area contributed by atoms with Crippen molar-refractivity contribution in [2.45, 2.75) is 40.5 Å². The van der Waals surface area contributed by atoms with Gasteiger partial charge >= 0.3 is 5.97 Å². The van der Waals surface area contributed by atoms with E-state index in [0.29, 0.717) is 6.61 Å². The average Bonchev–Trinajstić information content (AvgIpc) is 2.60. The highest BCUT2D eigenvalue weighted by Crippen LogP contribution is 2.25. The van der Waals surface area contributed by atoms with Crippen LogP contribution in [0.25, 0.3) is 10.8 Å². The van der Waals surface area contributed by atoms with Crippen LogP contribution in [0.4, 0.5) is 5.69 Å². The van der Waals surface area contributed by atoms with E-state index < -0.39 is 0 Å². The highest BCUT2D eigenvalue weighted by atomic mass is 16.5. The maximum absolute atomic E-state index is 10.7. The van der Waals surface area contributed by atoms with Gasteiger partial charge in [0.2, 0.25) is 0 Å². The summed E-state index contributed by atoms with van der Waals surface area (Å²) in [5, 5.41) is 6.13. The van der Waals surface area contributed by atoms with Gasteiger partial charge < -0.3 is 10.1 Å². The van der Waals surface area contributed by atoms with Crippen LogP contribution in [0, 0.1) is 6.92 Å². The van der Waals surface area contributed by atoms with Gasteiger partial charge in [-0.2, -0.15) is 0 Å². The Balaban J connectivity index is 1.87. The third-order valence-corrected chi connectivity index (χ3v) is 4.45. The first kappa shape index (κ1) is 19.8. The summed E-state index contributed by atoms with van der Waals surface area (Å²) in [4.78, 5) is 10.7. The molecule has 0 aliphatic rings. The van der Waals surface area contributed by atoms with E-state index in [1.54, 1.807) is 0 Å². The molecule has 0 heterocycles. The van der Waals surface area contributed by atoms with Crippen LogP contribution in [0.2, 0.25) is 0 Å². The fourth-order valence-corrected chi connectivity index (χ4v) is 2.88. The van der Waals surface area contributed by atoms with Crippen LogP contribution in [0.1, 0.15) is 39.2 Å². The minimum atomic E-state index is -0.237.